The van der Waals surface area contributed by atoms with Gasteiger partial charge >= 0.3 is 0 Å². The molecule has 0 bridgehead atoms. The summed E-state index contributed by atoms with van der Waals surface area (Å²) in [5, 5.41) is 4.12. The molecular weight excluding hydrogens is 407 g/mol. The normalized spacial score (nSPS) is 16.5. The van der Waals surface area contributed by atoms with Crippen LogP contribution in [-0.4, -0.2) is 36.3 Å². The number of carbonyl (C=O) groups excluding carboxylic acids is 2. The van der Waals surface area contributed by atoms with Crippen LogP contribution in [0.15, 0.2) is 42.5 Å². The maximum absolute atomic E-state index is 12.7. The van der Waals surface area contributed by atoms with Crippen LogP contribution in [0.1, 0.15) is 40.7 Å². The van der Waals surface area contributed by atoms with Crippen molar-refractivity contribution < 1.29 is 9.59 Å². The van der Waals surface area contributed by atoms with Gasteiger partial charge in [-0.2, -0.15) is 0 Å². The smallest absolute Gasteiger partial charge is 0.253 e. The summed E-state index contributed by atoms with van der Waals surface area (Å²) in [4.78, 5) is 27.1. The molecule has 154 valence electrons. The molecular formula is C23H26Cl2N2O2. The van der Waals surface area contributed by atoms with Crippen LogP contribution in [0.5, 0.6) is 0 Å². The van der Waals surface area contributed by atoms with E-state index in [0.717, 1.165) is 36.8 Å². The molecule has 0 saturated carbocycles. The number of nitrogens with zero attached hydrogens (tertiary/aromatic N) is 1. The van der Waals surface area contributed by atoms with E-state index in [1.54, 1.807) is 11.0 Å². The fourth-order valence-electron chi connectivity index (χ4n) is 3.60. The summed E-state index contributed by atoms with van der Waals surface area (Å²) in [7, 11) is 0. The number of aryl methyl sites for hydroxylation is 2. The van der Waals surface area contributed by atoms with Gasteiger partial charge in [0.15, 0.2) is 0 Å². The third kappa shape index (κ3) is 5.97. The molecule has 1 unspecified atom stereocenters. The second-order valence-electron chi connectivity index (χ2n) is 7.60. The Hall–Kier alpha value is -2.04. The van der Waals surface area contributed by atoms with Crippen molar-refractivity contribution in [3.63, 3.8) is 0 Å². The summed E-state index contributed by atoms with van der Waals surface area (Å²) in [5.74, 6) is -0.120. The highest BCUT2D eigenvalue weighted by Gasteiger charge is 2.28. The van der Waals surface area contributed by atoms with Crippen LogP contribution >= 0.6 is 23.2 Å². The van der Waals surface area contributed by atoms with E-state index in [-0.39, 0.29) is 17.7 Å². The Bertz CT molecular complexity index is 868. The number of piperidine rings is 1. The number of hydrogen-bond acceptors (Lipinski definition) is 2. The number of benzene rings is 2. The molecule has 1 N–H and O–H groups in total. The van der Waals surface area contributed by atoms with Gasteiger partial charge < -0.3 is 10.2 Å². The Morgan fingerprint density at radius 1 is 1.10 bits per heavy atom. The van der Waals surface area contributed by atoms with Gasteiger partial charge in [0.25, 0.3) is 5.91 Å². The highest BCUT2D eigenvalue weighted by Crippen LogP contribution is 2.23. The Morgan fingerprint density at radius 3 is 2.59 bits per heavy atom. The van der Waals surface area contributed by atoms with Gasteiger partial charge in [0.1, 0.15) is 0 Å². The predicted molar refractivity (Wildman–Crippen MR) is 118 cm³/mol. The van der Waals surface area contributed by atoms with E-state index in [1.807, 2.05) is 43.3 Å². The summed E-state index contributed by atoms with van der Waals surface area (Å²) in [5.41, 5.74) is 2.90. The first-order valence-corrected chi connectivity index (χ1v) is 10.8. The molecule has 1 atom stereocenters. The van der Waals surface area contributed by atoms with Crippen molar-refractivity contribution >= 4 is 35.0 Å². The second kappa shape index (κ2) is 10.1. The summed E-state index contributed by atoms with van der Waals surface area (Å²) >= 11 is 12.0. The van der Waals surface area contributed by atoms with E-state index in [4.69, 9.17) is 23.2 Å². The fraction of sp³-hybridized carbons (Fsp3) is 0.391. The van der Waals surface area contributed by atoms with Crippen LogP contribution in [0, 0.1) is 12.8 Å². The number of rotatable bonds is 6. The van der Waals surface area contributed by atoms with Crippen LogP contribution in [0.4, 0.5) is 0 Å². The Morgan fingerprint density at radius 2 is 1.86 bits per heavy atom. The summed E-state index contributed by atoms with van der Waals surface area (Å²) in [6, 6.07) is 13.2. The van der Waals surface area contributed by atoms with Crippen LogP contribution in [-0.2, 0) is 11.2 Å². The second-order valence-corrected chi connectivity index (χ2v) is 8.41. The minimum atomic E-state index is -0.150. The highest BCUT2D eigenvalue weighted by molar-refractivity contribution is 6.42. The summed E-state index contributed by atoms with van der Waals surface area (Å²) in [6.07, 6.45) is 3.30. The van der Waals surface area contributed by atoms with Gasteiger partial charge in [-0.25, -0.2) is 0 Å². The average molecular weight is 433 g/mol. The molecule has 1 aliphatic heterocycles. The number of hydrogen-bond donors (Lipinski definition) is 1. The zero-order valence-electron chi connectivity index (χ0n) is 16.6. The van der Waals surface area contributed by atoms with Gasteiger partial charge in [0, 0.05) is 25.2 Å². The van der Waals surface area contributed by atoms with E-state index in [1.165, 1.54) is 0 Å². The van der Waals surface area contributed by atoms with Crippen LogP contribution in [0.2, 0.25) is 10.0 Å². The highest BCUT2D eigenvalue weighted by atomic mass is 35.5. The standard InChI is InChI=1S/C23H26Cl2N2O2/c1-16-6-9-18(10-7-16)23(29)27-13-3-5-19(15-27)22(28)26-12-2-4-17-8-11-20(24)21(25)14-17/h6-11,14,19H,2-5,12-13,15H2,1H3,(H,26,28). The molecule has 1 aliphatic rings. The number of likely N-dealkylation sites (tertiary alicyclic amines) is 1. The molecule has 29 heavy (non-hydrogen) atoms. The van der Waals surface area contributed by atoms with Crippen molar-refractivity contribution in [2.75, 3.05) is 19.6 Å². The van der Waals surface area contributed by atoms with Crippen LogP contribution in [0.3, 0.4) is 0 Å². The lowest BCUT2D eigenvalue weighted by Gasteiger charge is -2.32. The van der Waals surface area contributed by atoms with Gasteiger partial charge in [-0.1, -0.05) is 47.0 Å². The van der Waals surface area contributed by atoms with Gasteiger partial charge in [0.2, 0.25) is 5.91 Å². The minimum Gasteiger partial charge on any atom is -0.356 e. The lowest BCUT2D eigenvalue weighted by molar-refractivity contribution is -0.126. The van der Waals surface area contributed by atoms with Crippen molar-refractivity contribution in [3.8, 4) is 0 Å². The molecule has 2 aromatic rings. The Kier molecular flexibility index (Phi) is 7.57. The number of amides is 2. The summed E-state index contributed by atoms with van der Waals surface area (Å²) < 4.78 is 0. The van der Waals surface area contributed by atoms with Crippen LogP contribution < -0.4 is 5.32 Å². The molecule has 0 spiro atoms. The monoisotopic (exact) mass is 432 g/mol. The largest absolute Gasteiger partial charge is 0.356 e. The van der Waals surface area contributed by atoms with E-state index in [2.05, 4.69) is 5.32 Å². The Labute approximate surface area is 182 Å². The molecule has 3 rings (SSSR count). The van der Waals surface area contributed by atoms with Crippen molar-refractivity contribution in [1.82, 2.24) is 10.2 Å². The van der Waals surface area contributed by atoms with Crippen molar-refractivity contribution in [3.05, 3.63) is 69.2 Å². The molecule has 0 aromatic heterocycles. The van der Waals surface area contributed by atoms with E-state index in [9.17, 15) is 9.59 Å². The molecule has 0 aliphatic carbocycles. The van der Waals surface area contributed by atoms with E-state index < -0.39 is 0 Å². The molecule has 1 saturated heterocycles. The first-order chi connectivity index (χ1) is 13.9. The average Bonchev–Trinajstić information content (AvgIpc) is 2.73. The third-order valence-electron chi connectivity index (χ3n) is 5.30. The first-order valence-electron chi connectivity index (χ1n) is 10.0. The topological polar surface area (TPSA) is 49.4 Å². The number of carbonyl (C=O) groups is 2. The molecule has 1 fully saturated rings. The lowest BCUT2D eigenvalue weighted by atomic mass is 9.96. The molecule has 4 nitrogen and oxygen atoms in total. The molecule has 0 radical (unpaired) electrons. The van der Waals surface area contributed by atoms with E-state index in [0.29, 0.717) is 35.2 Å². The predicted octanol–water partition coefficient (Wildman–Crippen LogP) is 4.90. The fourth-order valence-corrected chi connectivity index (χ4v) is 3.92. The SMILES string of the molecule is Cc1ccc(C(=O)N2CCCC(C(=O)NCCCc3ccc(Cl)c(Cl)c3)C2)cc1. The zero-order valence-corrected chi connectivity index (χ0v) is 18.1. The number of halogens is 2. The van der Waals surface area contributed by atoms with Gasteiger partial charge in [-0.3, -0.25) is 9.59 Å². The molecule has 2 aromatic carbocycles. The van der Waals surface area contributed by atoms with E-state index >= 15 is 0 Å². The quantitative estimate of drug-likeness (QED) is 0.659. The molecule has 2 amide bonds. The maximum atomic E-state index is 12.7. The lowest BCUT2D eigenvalue weighted by Crippen LogP contribution is -2.45. The third-order valence-corrected chi connectivity index (χ3v) is 6.04. The van der Waals surface area contributed by atoms with Gasteiger partial charge in [-0.05, 0) is 62.4 Å². The first kappa shape index (κ1) is 21.7. The molecule has 6 heteroatoms. The van der Waals surface area contributed by atoms with Crippen molar-refractivity contribution in [2.24, 2.45) is 5.92 Å². The Balaban J connectivity index is 1.46. The van der Waals surface area contributed by atoms with Gasteiger partial charge in [0.05, 0.1) is 16.0 Å². The minimum absolute atomic E-state index is 0.00196. The van der Waals surface area contributed by atoms with Crippen LogP contribution in [0.25, 0.3) is 0 Å². The summed E-state index contributed by atoms with van der Waals surface area (Å²) in [6.45, 7) is 3.78. The molecule has 1 heterocycles. The number of nitrogens with one attached hydrogen (secondary N) is 1. The van der Waals surface area contributed by atoms with Gasteiger partial charge in [-0.15, -0.1) is 0 Å². The van der Waals surface area contributed by atoms with Crippen molar-refractivity contribution in [2.45, 2.75) is 32.6 Å². The van der Waals surface area contributed by atoms with Crippen molar-refractivity contribution in [1.29, 1.82) is 0 Å². The maximum Gasteiger partial charge on any atom is 0.253 e. The zero-order chi connectivity index (χ0) is 20.8.